The molecule has 4 heteroatoms. The summed E-state index contributed by atoms with van der Waals surface area (Å²) in [6, 6.07) is 0.418. The van der Waals surface area contributed by atoms with Crippen molar-refractivity contribution in [3.05, 3.63) is 0 Å². The SMILES string of the molecule is CC1CCCC(NC(=O)C2CCNCC2)C1C.Cl. The Morgan fingerprint density at radius 1 is 1.11 bits per heavy atom. The highest BCUT2D eigenvalue weighted by molar-refractivity contribution is 5.85. The molecule has 2 aliphatic rings. The molecule has 1 aliphatic heterocycles. The summed E-state index contributed by atoms with van der Waals surface area (Å²) in [7, 11) is 0. The van der Waals surface area contributed by atoms with Crippen LogP contribution in [0.15, 0.2) is 0 Å². The van der Waals surface area contributed by atoms with Crippen molar-refractivity contribution in [1.29, 1.82) is 0 Å². The molecule has 2 rings (SSSR count). The summed E-state index contributed by atoms with van der Waals surface area (Å²) in [6.45, 7) is 6.59. The molecule has 0 aromatic heterocycles. The van der Waals surface area contributed by atoms with Crippen molar-refractivity contribution in [2.45, 2.75) is 52.0 Å². The van der Waals surface area contributed by atoms with Gasteiger partial charge in [-0.2, -0.15) is 0 Å². The van der Waals surface area contributed by atoms with Crippen LogP contribution in [-0.2, 0) is 4.79 Å². The van der Waals surface area contributed by atoms with Gasteiger partial charge in [-0.3, -0.25) is 4.79 Å². The van der Waals surface area contributed by atoms with E-state index in [1.54, 1.807) is 0 Å². The second-order valence-corrected chi connectivity index (χ2v) is 5.91. The van der Waals surface area contributed by atoms with E-state index in [1.165, 1.54) is 19.3 Å². The summed E-state index contributed by atoms with van der Waals surface area (Å²) < 4.78 is 0. The Labute approximate surface area is 117 Å². The van der Waals surface area contributed by atoms with E-state index in [4.69, 9.17) is 0 Å². The Morgan fingerprint density at radius 3 is 2.44 bits per heavy atom. The van der Waals surface area contributed by atoms with Crippen LogP contribution >= 0.6 is 12.4 Å². The lowest BCUT2D eigenvalue weighted by Crippen LogP contribution is -2.47. The normalized spacial score (nSPS) is 33.6. The number of carbonyl (C=O) groups is 1. The molecule has 0 aromatic carbocycles. The van der Waals surface area contributed by atoms with Gasteiger partial charge in [0.25, 0.3) is 0 Å². The molecule has 3 atom stereocenters. The molecule has 1 amide bonds. The number of nitrogens with one attached hydrogen (secondary N) is 2. The molecule has 0 aromatic rings. The molecule has 18 heavy (non-hydrogen) atoms. The van der Waals surface area contributed by atoms with Crippen LogP contribution in [0.25, 0.3) is 0 Å². The quantitative estimate of drug-likeness (QED) is 0.812. The lowest BCUT2D eigenvalue weighted by atomic mass is 9.78. The largest absolute Gasteiger partial charge is 0.353 e. The lowest BCUT2D eigenvalue weighted by Gasteiger charge is -2.35. The van der Waals surface area contributed by atoms with Crippen molar-refractivity contribution in [3.8, 4) is 0 Å². The van der Waals surface area contributed by atoms with Gasteiger partial charge in [0, 0.05) is 12.0 Å². The predicted molar refractivity (Wildman–Crippen MR) is 77.0 cm³/mol. The summed E-state index contributed by atoms with van der Waals surface area (Å²) in [4.78, 5) is 12.2. The molecule has 3 nitrogen and oxygen atoms in total. The number of hydrogen-bond acceptors (Lipinski definition) is 2. The van der Waals surface area contributed by atoms with Crippen LogP contribution < -0.4 is 10.6 Å². The smallest absolute Gasteiger partial charge is 0.223 e. The zero-order valence-electron chi connectivity index (χ0n) is 11.6. The van der Waals surface area contributed by atoms with Crippen LogP contribution in [-0.4, -0.2) is 25.0 Å². The highest BCUT2D eigenvalue weighted by Crippen LogP contribution is 2.29. The van der Waals surface area contributed by atoms with Gasteiger partial charge in [0.1, 0.15) is 0 Å². The zero-order chi connectivity index (χ0) is 12.3. The Kier molecular flexibility index (Phi) is 6.44. The number of carbonyl (C=O) groups excluding carboxylic acids is 1. The highest BCUT2D eigenvalue weighted by atomic mass is 35.5. The van der Waals surface area contributed by atoms with E-state index in [0.29, 0.717) is 17.9 Å². The minimum Gasteiger partial charge on any atom is -0.353 e. The average Bonchev–Trinajstić information content (AvgIpc) is 2.36. The molecule has 106 valence electrons. The van der Waals surface area contributed by atoms with Crippen LogP contribution in [0.3, 0.4) is 0 Å². The van der Waals surface area contributed by atoms with E-state index in [9.17, 15) is 4.79 Å². The Balaban J connectivity index is 0.00000162. The molecular weight excluding hydrogens is 248 g/mol. The molecule has 1 saturated heterocycles. The predicted octanol–water partition coefficient (Wildman–Crippen LogP) is 2.35. The summed E-state index contributed by atoms with van der Waals surface area (Å²) in [6.07, 6.45) is 5.76. The van der Waals surface area contributed by atoms with E-state index in [2.05, 4.69) is 24.5 Å². The minimum absolute atomic E-state index is 0. The standard InChI is InChI=1S/C14H26N2O.ClH/c1-10-4-3-5-13(11(10)2)16-14(17)12-6-8-15-9-7-12;/h10-13,15H,3-9H2,1-2H3,(H,16,17);1H. The van der Waals surface area contributed by atoms with Gasteiger partial charge in [-0.15, -0.1) is 12.4 Å². The first-order valence-electron chi connectivity index (χ1n) is 7.19. The maximum absolute atomic E-state index is 12.2. The van der Waals surface area contributed by atoms with Crippen molar-refractivity contribution in [1.82, 2.24) is 10.6 Å². The first kappa shape index (κ1) is 15.8. The van der Waals surface area contributed by atoms with Gasteiger partial charge in [0.15, 0.2) is 0 Å². The summed E-state index contributed by atoms with van der Waals surface area (Å²) in [5.74, 6) is 1.94. The molecule has 0 bridgehead atoms. The van der Waals surface area contributed by atoms with Gasteiger partial charge in [0.05, 0.1) is 0 Å². The van der Waals surface area contributed by atoms with E-state index >= 15 is 0 Å². The van der Waals surface area contributed by atoms with Crippen LogP contribution in [0.5, 0.6) is 0 Å². The van der Waals surface area contributed by atoms with Gasteiger partial charge >= 0.3 is 0 Å². The van der Waals surface area contributed by atoms with Crippen molar-refractivity contribution in [2.75, 3.05) is 13.1 Å². The Morgan fingerprint density at radius 2 is 1.78 bits per heavy atom. The van der Waals surface area contributed by atoms with E-state index in [-0.39, 0.29) is 18.3 Å². The van der Waals surface area contributed by atoms with Gasteiger partial charge in [-0.25, -0.2) is 0 Å². The third-order valence-electron chi connectivity index (χ3n) is 4.74. The fraction of sp³-hybridized carbons (Fsp3) is 0.929. The van der Waals surface area contributed by atoms with Crippen LogP contribution in [0.1, 0.15) is 46.0 Å². The van der Waals surface area contributed by atoms with Crippen LogP contribution in [0, 0.1) is 17.8 Å². The number of amides is 1. The average molecular weight is 275 g/mol. The lowest BCUT2D eigenvalue weighted by molar-refractivity contribution is -0.127. The molecule has 1 heterocycles. The molecule has 0 radical (unpaired) electrons. The molecule has 0 spiro atoms. The first-order valence-corrected chi connectivity index (χ1v) is 7.19. The van der Waals surface area contributed by atoms with E-state index < -0.39 is 0 Å². The molecule has 1 aliphatic carbocycles. The van der Waals surface area contributed by atoms with Crippen LogP contribution in [0.4, 0.5) is 0 Å². The second-order valence-electron chi connectivity index (χ2n) is 5.91. The van der Waals surface area contributed by atoms with E-state index in [0.717, 1.165) is 31.8 Å². The van der Waals surface area contributed by atoms with Gasteiger partial charge in [-0.05, 0) is 44.2 Å². The van der Waals surface area contributed by atoms with Crippen molar-refractivity contribution >= 4 is 18.3 Å². The minimum atomic E-state index is 0. The number of hydrogen-bond donors (Lipinski definition) is 2. The molecule has 2 fully saturated rings. The highest BCUT2D eigenvalue weighted by Gasteiger charge is 2.30. The third-order valence-corrected chi connectivity index (χ3v) is 4.74. The fourth-order valence-corrected chi connectivity index (χ4v) is 3.17. The van der Waals surface area contributed by atoms with Gasteiger partial charge in [-0.1, -0.05) is 26.7 Å². The maximum Gasteiger partial charge on any atom is 0.223 e. The monoisotopic (exact) mass is 274 g/mol. The summed E-state index contributed by atoms with van der Waals surface area (Å²) in [5.41, 5.74) is 0. The maximum atomic E-state index is 12.2. The van der Waals surface area contributed by atoms with Crippen molar-refractivity contribution in [2.24, 2.45) is 17.8 Å². The van der Waals surface area contributed by atoms with Crippen molar-refractivity contribution in [3.63, 3.8) is 0 Å². The second kappa shape index (κ2) is 7.34. The fourth-order valence-electron chi connectivity index (χ4n) is 3.17. The number of rotatable bonds is 2. The number of halogens is 1. The molecular formula is C14H27ClN2O. The molecule has 2 N–H and O–H groups in total. The summed E-state index contributed by atoms with van der Waals surface area (Å²) in [5, 5.41) is 6.61. The van der Waals surface area contributed by atoms with Gasteiger partial charge < -0.3 is 10.6 Å². The van der Waals surface area contributed by atoms with Crippen LogP contribution in [0.2, 0.25) is 0 Å². The van der Waals surface area contributed by atoms with Crippen molar-refractivity contribution < 1.29 is 4.79 Å². The molecule has 1 saturated carbocycles. The third kappa shape index (κ3) is 3.86. The zero-order valence-corrected chi connectivity index (χ0v) is 12.4. The summed E-state index contributed by atoms with van der Waals surface area (Å²) >= 11 is 0. The van der Waals surface area contributed by atoms with Gasteiger partial charge in [0.2, 0.25) is 5.91 Å². The Bertz CT molecular complexity index is 267. The topological polar surface area (TPSA) is 41.1 Å². The first-order chi connectivity index (χ1) is 8.18. The Hall–Kier alpha value is -0.280. The number of piperidine rings is 1. The van der Waals surface area contributed by atoms with E-state index in [1.807, 2.05) is 0 Å². The molecule has 3 unspecified atom stereocenters.